The number of aliphatic carboxylic acids is 1. The average Bonchev–Trinajstić information content (AvgIpc) is 2.63. The van der Waals surface area contributed by atoms with Crippen LogP contribution in [0.2, 0.25) is 0 Å². The lowest BCUT2D eigenvalue weighted by Crippen LogP contribution is -2.39. The van der Waals surface area contributed by atoms with E-state index in [1.807, 2.05) is 20.2 Å². The van der Waals surface area contributed by atoms with Gasteiger partial charge >= 0.3 is 5.97 Å². The topological polar surface area (TPSA) is 43.8 Å². The van der Waals surface area contributed by atoms with E-state index in [2.05, 4.69) is 68.2 Å². The van der Waals surface area contributed by atoms with Crippen molar-refractivity contribution in [1.29, 1.82) is 0 Å². The Morgan fingerprint density at radius 2 is 1.77 bits per heavy atom. The van der Waals surface area contributed by atoms with Gasteiger partial charge in [-0.05, 0) is 61.3 Å². The first kappa shape index (κ1) is 18.9. The number of hydrogen-bond donors (Lipinski definition) is 1. The maximum Gasteiger partial charge on any atom is 0.306 e. The third kappa shape index (κ3) is 4.27. The van der Waals surface area contributed by atoms with Gasteiger partial charge in [-0.2, -0.15) is 0 Å². The Balaban J connectivity index is 1.91. The summed E-state index contributed by atoms with van der Waals surface area (Å²) in [6, 6.07) is 17.2. The van der Waals surface area contributed by atoms with Crippen LogP contribution in [-0.2, 0) is 4.79 Å². The van der Waals surface area contributed by atoms with Gasteiger partial charge in [0.1, 0.15) is 0 Å². The summed E-state index contributed by atoms with van der Waals surface area (Å²) in [5, 5.41) is 9.29. The van der Waals surface area contributed by atoms with Gasteiger partial charge in [0, 0.05) is 24.3 Å². The van der Waals surface area contributed by atoms with Crippen molar-refractivity contribution in [3.05, 3.63) is 64.1 Å². The number of carboxylic acid groups (broad SMARTS) is 1. The number of benzene rings is 2. The van der Waals surface area contributed by atoms with E-state index in [9.17, 15) is 9.90 Å². The van der Waals surface area contributed by atoms with E-state index < -0.39 is 5.97 Å². The largest absolute Gasteiger partial charge is 0.481 e. The molecule has 1 aliphatic rings. The normalized spacial score (nSPS) is 17.0. The molecule has 1 unspecified atom stereocenters. The van der Waals surface area contributed by atoms with Crippen molar-refractivity contribution in [2.24, 2.45) is 5.92 Å². The third-order valence-electron chi connectivity index (χ3n) is 5.13. The monoisotopic (exact) mass is 416 g/mol. The molecule has 5 heteroatoms. The maximum absolute atomic E-state index is 11.3. The van der Waals surface area contributed by atoms with Gasteiger partial charge in [-0.1, -0.05) is 40.2 Å². The molecule has 0 radical (unpaired) electrons. The van der Waals surface area contributed by atoms with Crippen LogP contribution in [-0.4, -0.2) is 43.2 Å². The molecule has 0 aliphatic carbocycles. The van der Waals surface area contributed by atoms with Crippen molar-refractivity contribution in [1.82, 2.24) is 4.90 Å². The average molecular weight is 417 g/mol. The number of likely N-dealkylation sites (tertiary alicyclic amines) is 1. The van der Waals surface area contributed by atoms with E-state index in [-0.39, 0.29) is 12.0 Å². The number of carboxylic acids is 1. The van der Waals surface area contributed by atoms with E-state index >= 15 is 0 Å². The number of rotatable bonds is 5. The molecule has 0 saturated carbocycles. The summed E-state index contributed by atoms with van der Waals surface area (Å²) < 4.78 is 1.06. The molecular formula is C21H25BrN2O2. The standard InChI is InChI=1S/C21H25BrN2O2/c1-23(2)19-8-6-15(7-9-19)20(17-4-3-5-18(22)14-17)24-12-10-16(11-13-24)21(25)26/h3-9,14,16,20H,10-13H2,1-2H3,(H,25,26). The van der Waals surface area contributed by atoms with Gasteiger partial charge in [-0.15, -0.1) is 0 Å². The molecule has 1 atom stereocenters. The molecule has 1 heterocycles. The van der Waals surface area contributed by atoms with Crippen LogP contribution in [0.25, 0.3) is 0 Å². The summed E-state index contributed by atoms with van der Waals surface area (Å²) in [6.07, 6.45) is 1.41. The molecular weight excluding hydrogens is 392 g/mol. The van der Waals surface area contributed by atoms with E-state index in [1.165, 1.54) is 16.8 Å². The van der Waals surface area contributed by atoms with E-state index in [4.69, 9.17) is 0 Å². The Morgan fingerprint density at radius 3 is 2.31 bits per heavy atom. The van der Waals surface area contributed by atoms with E-state index in [0.29, 0.717) is 12.8 Å². The minimum absolute atomic E-state index is 0.137. The first-order valence-corrected chi connectivity index (χ1v) is 9.74. The molecule has 1 N–H and O–H groups in total. The molecule has 0 amide bonds. The smallest absolute Gasteiger partial charge is 0.306 e. The highest BCUT2D eigenvalue weighted by Crippen LogP contribution is 2.34. The van der Waals surface area contributed by atoms with Crippen LogP contribution in [0.4, 0.5) is 5.69 Å². The minimum Gasteiger partial charge on any atom is -0.481 e. The van der Waals surface area contributed by atoms with Gasteiger partial charge < -0.3 is 10.0 Å². The predicted molar refractivity (Wildman–Crippen MR) is 109 cm³/mol. The Hall–Kier alpha value is -1.85. The second-order valence-corrected chi connectivity index (χ2v) is 8.01. The molecule has 0 aromatic heterocycles. The lowest BCUT2D eigenvalue weighted by atomic mass is 9.91. The van der Waals surface area contributed by atoms with Crippen LogP contribution in [0.15, 0.2) is 53.0 Å². The van der Waals surface area contributed by atoms with Gasteiger partial charge in [0.25, 0.3) is 0 Å². The van der Waals surface area contributed by atoms with Crippen LogP contribution in [0.5, 0.6) is 0 Å². The Bertz CT molecular complexity index is 753. The molecule has 26 heavy (non-hydrogen) atoms. The van der Waals surface area contributed by atoms with Crippen LogP contribution < -0.4 is 4.90 Å². The van der Waals surface area contributed by atoms with Crippen LogP contribution in [0, 0.1) is 5.92 Å². The first-order valence-electron chi connectivity index (χ1n) is 8.95. The zero-order valence-electron chi connectivity index (χ0n) is 15.2. The summed E-state index contributed by atoms with van der Waals surface area (Å²) in [7, 11) is 4.08. The Morgan fingerprint density at radius 1 is 1.12 bits per heavy atom. The summed E-state index contributed by atoms with van der Waals surface area (Å²) in [6.45, 7) is 1.59. The van der Waals surface area contributed by atoms with Crippen LogP contribution in [0.1, 0.15) is 30.0 Å². The van der Waals surface area contributed by atoms with Crippen molar-refractivity contribution in [3.8, 4) is 0 Å². The van der Waals surface area contributed by atoms with Gasteiger partial charge in [0.15, 0.2) is 0 Å². The molecule has 2 aromatic carbocycles. The molecule has 1 fully saturated rings. The zero-order valence-corrected chi connectivity index (χ0v) is 16.8. The number of anilines is 1. The SMILES string of the molecule is CN(C)c1ccc(C(c2cccc(Br)c2)N2CCC(C(=O)O)CC2)cc1. The fraction of sp³-hybridized carbons (Fsp3) is 0.381. The zero-order chi connectivity index (χ0) is 18.7. The highest BCUT2D eigenvalue weighted by Gasteiger charge is 2.30. The maximum atomic E-state index is 11.3. The summed E-state index contributed by atoms with van der Waals surface area (Å²) in [5.74, 6) is -0.885. The van der Waals surface area contributed by atoms with Crippen molar-refractivity contribution in [2.75, 3.05) is 32.1 Å². The van der Waals surface area contributed by atoms with Gasteiger partial charge in [0.2, 0.25) is 0 Å². The number of hydrogen-bond acceptors (Lipinski definition) is 3. The highest BCUT2D eigenvalue weighted by atomic mass is 79.9. The van der Waals surface area contributed by atoms with E-state index in [0.717, 1.165) is 17.6 Å². The first-order chi connectivity index (χ1) is 12.5. The summed E-state index contributed by atoms with van der Waals surface area (Å²) >= 11 is 3.58. The molecule has 1 saturated heterocycles. The van der Waals surface area contributed by atoms with Crippen molar-refractivity contribution in [2.45, 2.75) is 18.9 Å². The van der Waals surface area contributed by atoms with Gasteiger partial charge in [0.05, 0.1) is 12.0 Å². The second kappa shape index (κ2) is 8.23. The van der Waals surface area contributed by atoms with E-state index in [1.54, 1.807) is 0 Å². The molecule has 2 aromatic rings. The number of halogens is 1. The Labute approximate surface area is 163 Å². The molecule has 0 spiro atoms. The lowest BCUT2D eigenvalue weighted by molar-refractivity contribution is -0.143. The summed E-state index contributed by atoms with van der Waals surface area (Å²) in [4.78, 5) is 15.8. The Kier molecular flexibility index (Phi) is 5.99. The van der Waals surface area contributed by atoms with Crippen molar-refractivity contribution in [3.63, 3.8) is 0 Å². The molecule has 138 valence electrons. The van der Waals surface area contributed by atoms with Gasteiger partial charge in [-0.3, -0.25) is 9.69 Å². The lowest BCUT2D eigenvalue weighted by Gasteiger charge is -2.37. The van der Waals surface area contributed by atoms with Gasteiger partial charge in [-0.25, -0.2) is 0 Å². The fourth-order valence-electron chi connectivity index (χ4n) is 3.65. The predicted octanol–water partition coefficient (Wildman–Crippen LogP) is 4.40. The third-order valence-corrected chi connectivity index (χ3v) is 5.63. The quantitative estimate of drug-likeness (QED) is 0.783. The van der Waals surface area contributed by atoms with Crippen LogP contribution >= 0.6 is 15.9 Å². The summed E-state index contributed by atoms with van der Waals surface area (Å²) in [5.41, 5.74) is 3.64. The second-order valence-electron chi connectivity index (χ2n) is 7.09. The highest BCUT2D eigenvalue weighted by molar-refractivity contribution is 9.10. The molecule has 1 aliphatic heterocycles. The number of nitrogens with zero attached hydrogens (tertiary/aromatic N) is 2. The van der Waals surface area contributed by atoms with Crippen molar-refractivity contribution < 1.29 is 9.90 Å². The number of piperidine rings is 1. The number of carbonyl (C=O) groups is 1. The molecule has 0 bridgehead atoms. The molecule has 3 rings (SSSR count). The van der Waals surface area contributed by atoms with Crippen molar-refractivity contribution >= 4 is 27.6 Å². The fourth-order valence-corrected chi connectivity index (χ4v) is 4.07. The van der Waals surface area contributed by atoms with Crippen LogP contribution in [0.3, 0.4) is 0 Å². The minimum atomic E-state index is -0.668. The molecule has 4 nitrogen and oxygen atoms in total.